The fraction of sp³-hybridized carbons (Fsp3) is 0.308. The number of carbonyl (C=O) groups is 1. The number of carbonyl (C=O) groups excluding carboxylic acids is 1. The largest absolute Gasteiger partial charge is 0.534 e. The van der Waals surface area contributed by atoms with Crippen molar-refractivity contribution in [3.63, 3.8) is 0 Å². The van der Waals surface area contributed by atoms with E-state index < -0.39 is 52.4 Å². The highest BCUT2D eigenvalue weighted by Gasteiger charge is 2.50. The molecule has 6 rings (SSSR count). The quantitative estimate of drug-likeness (QED) is 0.276. The van der Waals surface area contributed by atoms with Crippen molar-refractivity contribution in [1.82, 2.24) is 24.4 Å². The normalized spacial score (nSPS) is 20.8. The van der Waals surface area contributed by atoms with E-state index in [0.29, 0.717) is 33.5 Å². The Hall–Kier alpha value is -4.04. The van der Waals surface area contributed by atoms with Gasteiger partial charge in [-0.05, 0) is 36.2 Å². The van der Waals surface area contributed by atoms with Crippen LogP contribution in [0.4, 0.5) is 13.2 Å². The second-order valence-corrected chi connectivity index (χ2v) is 11.0. The topological polar surface area (TPSA) is 128 Å². The first kappa shape index (κ1) is 22.7. The van der Waals surface area contributed by atoms with Crippen molar-refractivity contribution >= 4 is 27.1 Å². The molecule has 3 atom stereocenters. The highest BCUT2D eigenvalue weighted by atomic mass is 32.2. The van der Waals surface area contributed by atoms with Gasteiger partial charge in [-0.2, -0.15) is 21.6 Å². The van der Waals surface area contributed by atoms with Crippen LogP contribution < -0.4 is 4.18 Å². The summed E-state index contributed by atoms with van der Waals surface area (Å²) in [6.07, 6.45) is 2.51. The van der Waals surface area contributed by atoms with E-state index in [1.807, 2.05) is 0 Å². The molecule has 0 saturated heterocycles. The predicted molar refractivity (Wildman–Crippen MR) is 136 cm³/mol. The van der Waals surface area contributed by atoms with Crippen molar-refractivity contribution in [1.29, 1.82) is 0 Å². The fourth-order valence-corrected chi connectivity index (χ4v) is 5.65. The summed E-state index contributed by atoms with van der Waals surface area (Å²) in [6, 6.07) is 6.28. The Morgan fingerprint density at radius 2 is 1.93 bits per heavy atom. The predicted octanol–water partition coefficient (Wildman–Crippen LogP) is 4.28. The molecule has 2 bridgehead atoms. The molecule has 1 amide bonds. The second-order valence-electron chi connectivity index (χ2n) is 9.44. The Bertz CT molecular complexity index is 1880. The molecule has 40 heavy (non-hydrogen) atoms. The van der Waals surface area contributed by atoms with Crippen molar-refractivity contribution in [3.8, 4) is 16.9 Å². The summed E-state index contributed by atoms with van der Waals surface area (Å²) >= 11 is 0. The van der Waals surface area contributed by atoms with E-state index in [2.05, 4.69) is 19.1 Å². The molecule has 208 valence electrons. The lowest BCUT2D eigenvalue weighted by molar-refractivity contribution is -0.0500. The number of hydrogen-bond acceptors (Lipinski definition) is 8. The molecular weight excluding hydrogens is 551 g/mol. The number of halogens is 3. The molecule has 4 heterocycles. The van der Waals surface area contributed by atoms with E-state index in [9.17, 15) is 31.5 Å². The van der Waals surface area contributed by atoms with Gasteiger partial charge in [-0.3, -0.25) is 4.79 Å². The molecule has 2 aliphatic heterocycles. The third-order valence-corrected chi connectivity index (χ3v) is 8.07. The third kappa shape index (κ3) is 3.92. The second kappa shape index (κ2) is 8.99. The fourth-order valence-electron chi connectivity index (χ4n) is 5.17. The maximum Gasteiger partial charge on any atom is 0.534 e. The minimum absolute atomic E-state index is 0.112. The summed E-state index contributed by atoms with van der Waals surface area (Å²) in [5.41, 5.74) is -4.24. The van der Waals surface area contributed by atoms with Gasteiger partial charge in [0.2, 0.25) is 0 Å². The van der Waals surface area contributed by atoms with Crippen LogP contribution in [0.25, 0.3) is 22.2 Å². The zero-order valence-electron chi connectivity index (χ0n) is 23.6. The van der Waals surface area contributed by atoms with E-state index in [0.717, 1.165) is 12.1 Å². The lowest BCUT2D eigenvalue weighted by Crippen LogP contribution is -2.31. The highest BCUT2D eigenvalue weighted by Crippen LogP contribution is 2.50. The average Bonchev–Trinajstić information content (AvgIpc) is 3.44. The third-order valence-electron chi connectivity index (χ3n) is 7.11. The molecule has 14 heteroatoms. The number of hydrogen-bond donors (Lipinski definition) is 1. The molecule has 1 N–H and O–H groups in total. The molecule has 0 radical (unpaired) electrons. The number of benzene rings is 2. The lowest BCUT2D eigenvalue weighted by atomic mass is 9.97. The molecule has 0 spiro atoms. The Morgan fingerprint density at radius 3 is 2.60 bits per heavy atom. The number of amides is 1. The van der Waals surface area contributed by atoms with Crippen LogP contribution in [0.3, 0.4) is 0 Å². The van der Waals surface area contributed by atoms with Gasteiger partial charge >= 0.3 is 15.6 Å². The zero-order chi connectivity index (χ0) is 31.1. The van der Waals surface area contributed by atoms with Gasteiger partial charge in [-0.25, -0.2) is 15.0 Å². The molecule has 0 fully saturated rings. The van der Waals surface area contributed by atoms with Crippen molar-refractivity contribution in [2.24, 2.45) is 0 Å². The standard InChI is InChI=1S/C26H22F3N5O5S/c1-3-20(35)23-30-11-14(12-31-23)13-7-8-16-17(9-13)34-18-10-19(24(34)32-16)33(2)25(36)15-5-4-6-21(22(15)18)39-40(37,38)26(27,28)29/h4-9,11-12,18-20,35H,3,10H2,1-2H3/t18-,19-,20?/m1/s1/i2D3. The molecule has 2 aromatic heterocycles. The molecular formula is C26H22F3N5O5S. The van der Waals surface area contributed by atoms with E-state index in [1.54, 1.807) is 29.7 Å². The highest BCUT2D eigenvalue weighted by molar-refractivity contribution is 7.88. The number of fused-ring (bicyclic) bond motifs is 9. The maximum absolute atomic E-state index is 13.6. The first-order valence-corrected chi connectivity index (χ1v) is 13.5. The van der Waals surface area contributed by atoms with Crippen LogP contribution in [0.2, 0.25) is 0 Å². The van der Waals surface area contributed by atoms with Crippen molar-refractivity contribution in [2.75, 3.05) is 6.98 Å². The first-order chi connectivity index (χ1) is 20.1. The number of aromatic nitrogens is 4. The summed E-state index contributed by atoms with van der Waals surface area (Å²) in [4.78, 5) is 27.3. The number of aliphatic hydroxyl groups is 1. The summed E-state index contributed by atoms with van der Waals surface area (Å²) in [7, 11) is -6.13. The van der Waals surface area contributed by atoms with Crippen LogP contribution >= 0.6 is 0 Å². The molecule has 10 nitrogen and oxygen atoms in total. The maximum atomic E-state index is 13.6. The summed E-state index contributed by atoms with van der Waals surface area (Å²) < 4.78 is 94.4. The van der Waals surface area contributed by atoms with Crippen LogP contribution in [0.1, 0.15) is 69.6 Å². The molecule has 1 unspecified atom stereocenters. The number of nitrogens with zero attached hydrogens (tertiary/aromatic N) is 5. The smallest absolute Gasteiger partial charge is 0.385 e. The van der Waals surface area contributed by atoms with Gasteiger partial charge < -0.3 is 18.8 Å². The first-order valence-electron chi connectivity index (χ1n) is 13.6. The molecule has 2 aliphatic rings. The molecule has 0 aliphatic carbocycles. The van der Waals surface area contributed by atoms with Crippen LogP contribution in [0.15, 0.2) is 48.8 Å². The minimum atomic E-state index is -6.13. The number of imidazole rings is 1. The van der Waals surface area contributed by atoms with E-state index >= 15 is 0 Å². The van der Waals surface area contributed by atoms with E-state index in [-0.39, 0.29) is 29.2 Å². The van der Waals surface area contributed by atoms with Crippen LogP contribution in [-0.2, 0) is 10.1 Å². The molecule has 2 aromatic carbocycles. The van der Waals surface area contributed by atoms with Crippen molar-refractivity contribution in [2.45, 2.75) is 43.5 Å². The number of aliphatic hydroxyl groups excluding tert-OH is 1. The summed E-state index contributed by atoms with van der Waals surface area (Å²) in [6.45, 7) is -1.19. The van der Waals surface area contributed by atoms with Crippen LogP contribution in [0.5, 0.6) is 5.75 Å². The Kier molecular flexibility index (Phi) is 5.11. The van der Waals surface area contributed by atoms with Crippen molar-refractivity contribution < 1.29 is 39.8 Å². The van der Waals surface area contributed by atoms with Gasteiger partial charge in [0.15, 0.2) is 5.82 Å². The molecule has 4 aromatic rings. The molecule has 0 saturated carbocycles. The van der Waals surface area contributed by atoms with Gasteiger partial charge in [0.05, 0.1) is 23.1 Å². The van der Waals surface area contributed by atoms with Gasteiger partial charge in [0, 0.05) is 46.6 Å². The summed E-state index contributed by atoms with van der Waals surface area (Å²) in [5.74, 6) is -1.36. The Labute approximate surface area is 230 Å². The van der Waals surface area contributed by atoms with Crippen LogP contribution in [0, 0.1) is 0 Å². The zero-order valence-corrected chi connectivity index (χ0v) is 21.4. The average molecular weight is 577 g/mol. The Balaban J connectivity index is 1.56. The lowest BCUT2D eigenvalue weighted by Gasteiger charge is -2.24. The van der Waals surface area contributed by atoms with Gasteiger partial charge in [0.1, 0.15) is 17.7 Å². The monoisotopic (exact) mass is 576 g/mol. The SMILES string of the molecule is [2H]C([2H])([2H])N1C(=O)c2cccc(OS(=O)(=O)C(F)(F)F)c2[C@H]2C[C@@H]1c1nc3ccc(-c4cnc(C(O)CC)nc4)cc3n12. The van der Waals surface area contributed by atoms with Crippen molar-refractivity contribution in [3.05, 3.63) is 71.6 Å². The number of rotatable bonds is 5. The van der Waals surface area contributed by atoms with E-state index in [1.165, 1.54) is 18.5 Å². The van der Waals surface area contributed by atoms with Gasteiger partial charge in [0.25, 0.3) is 5.91 Å². The van der Waals surface area contributed by atoms with Gasteiger partial charge in [-0.15, -0.1) is 0 Å². The number of alkyl halides is 3. The van der Waals surface area contributed by atoms with Gasteiger partial charge in [-0.1, -0.05) is 19.1 Å². The Morgan fingerprint density at radius 1 is 1.18 bits per heavy atom. The summed E-state index contributed by atoms with van der Waals surface area (Å²) in [5, 5.41) is 10.0. The van der Waals surface area contributed by atoms with E-state index in [4.69, 9.17) is 4.11 Å². The minimum Gasteiger partial charge on any atom is -0.385 e. The van der Waals surface area contributed by atoms with Crippen LogP contribution in [-0.4, -0.2) is 56.3 Å².